The zero-order valence-electron chi connectivity index (χ0n) is 15.6. The number of rotatable bonds is 6. The molecule has 3 rings (SSSR count). The van der Waals surface area contributed by atoms with Crippen molar-refractivity contribution in [1.29, 1.82) is 0 Å². The van der Waals surface area contributed by atoms with Crippen LogP contribution in [-0.4, -0.2) is 32.2 Å². The molecule has 1 aliphatic rings. The van der Waals surface area contributed by atoms with Crippen molar-refractivity contribution >= 4 is 11.9 Å². The maximum atomic E-state index is 12.3. The number of fused-ring (bicyclic) bond motifs is 1. The summed E-state index contributed by atoms with van der Waals surface area (Å²) in [6.45, 7) is -0.349. The third-order valence-electron chi connectivity index (χ3n) is 5.22. The van der Waals surface area contributed by atoms with E-state index in [1.165, 1.54) is 24.9 Å². The summed E-state index contributed by atoms with van der Waals surface area (Å²) in [6, 6.07) is 8.13. The Kier molecular flexibility index (Phi) is 5.77. The van der Waals surface area contributed by atoms with Gasteiger partial charge in [-0.2, -0.15) is 0 Å². The second-order valence-corrected chi connectivity index (χ2v) is 7.11. The molecule has 148 valence electrons. The minimum absolute atomic E-state index is 0.0617. The lowest BCUT2D eigenvalue weighted by atomic mass is 9.79. The van der Waals surface area contributed by atoms with Crippen LogP contribution in [0.15, 0.2) is 46.1 Å². The molecular formula is C20H23N3O5. The van der Waals surface area contributed by atoms with E-state index in [-0.39, 0.29) is 12.5 Å². The van der Waals surface area contributed by atoms with E-state index < -0.39 is 29.2 Å². The summed E-state index contributed by atoms with van der Waals surface area (Å²) < 4.78 is 1.96. The molecular weight excluding hydrogens is 362 g/mol. The van der Waals surface area contributed by atoms with Crippen LogP contribution in [0.4, 0.5) is 0 Å². The smallest absolute Gasteiger partial charge is 0.331 e. The molecule has 1 aliphatic carbocycles. The van der Waals surface area contributed by atoms with E-state index in [0.29, 0.717) is 6.42 Å². The molecule has 0 spiro atoms. The molecule has 0 fully saturated rings. The minimum Gasteiger partial charge on any atom is -0.480 e. The summed E-state index contributed by atoms with van der Waals surface area (Å²) in [4.78, 5) is 47.5. The highest BCUT2D eigenvalue weighted by Crippen LogP contribution is 2.34. The van der Waals surface area contributed by atoms with Crippen molar-refractivity contribution in [3.05, 3.63) is 68.5 Å². The molecule has 28 heavy (non-hydrogen) atoms. The first kappa shape index (κ1) is 19.6. The van der Waals surface area contributed by atoms with E-state index >= 15 is 0 Å². The van der Waals surface area contributed by atoms with Gasteiger partial charge in [0.25, 0.3) is 5.56 Å². The van der Waals surface area contributed by atoms with Crippen molar-refractivity contribution in [3.63, 3.8) is 0 Å². The lowest BCUT2D eigenvalue weighted by molar-refractivity contribution is -0.142. The highest BCUT2D eigenvalue weighted by atomic mass is 16.4. The zero-order valence-corrected chi connectivity index (χ0v) is 15.6. The van der Waals surface area contributed by atoms with Crippen LogP contribution in [0, 0.1) is 0 Å². The van der Waals surface area contributed by atoms with Crippen molar-refractivity contribution in [1.82, 2.24) is 14.5 Å². The first-order chi connectivity index (χ1) is 13.4. The molecule has 2 N–H and O–H groups in total. The Hall–Kier alpha value is -3.16. The Morgan fingerprint density at radius 2 is 2.00 bits per heavy atom. The van der Waals surface area contributed by atoms with E-state index in [9.17, 15) is 24.3 Å². The standard InChI is InChI=1S/C20H23N3O5/c1-22-18(25)9-10-23(20(22)28)12-17(24)21-16(19(26)27)11-14-7-4-6-13-5-2-3-8-15(13)14/h2-3,5,8-10,14,16H,4,6-7,11-12H2,1H3,(H,21,24)(H,26,27). The topological polar surface area (TPSA) is 110 Å². The van der Waals surface area contributed by atoms with Gasteiger partial charge in [0.2, 0.25) is 5.91 Å². The average molecular weight is 385 g/mol. The van der Waals surface area contributed by atoms with Gasteiger partial charge >= 0.3 is 11.7 Å². The Labute approximate surface area is 161 Å². The Morgan fingerprint density at radius 3 is 2.75 bits per heavy atom. The normalized spacial score (nSPS) is 16.8. The number of aryl methyl sites for hydroxylation is 1. The van der Waals surface area contributed by atoms with Gasteiger partial charge in [-0.25, -0.2) is 9.59 Å². The molecule has 8 nitrogen and oxygen atoms in total. The van der Waals surface area contributed by atoms with Crippen LogP contribution in [0.1, 0.15) is 36.3 Å². The van der Waals surface area contributed by atoms with Crippen LogP contribution in [0.5, 0.6) is 0 Å². The van der Waals surface area contributed by atoms with Crippen molar-refractivity contribution in [2.75, 3.05) is 0 Å². The molecule has 0 bridgehead atoms. The average Bonchev–Trinajstić information content (AvgIpc) is 2.68. The molecule has 2 aromatic rings. The van der Waals surface area contributed by atoms with E-state index in [2.05, 4.69) is 11.4 Å². The van der Waals surface area contributed by atoms with E-state index in [1.807, 2.05) is 18.2 Å². The SMILES string of the molecule is Cn1c(=O)ccn(CC(=O)NC(CC2CCCc3ccccc32)C(=O)O)c1=O. The van der Waals surface area contributed by atoms with Crippen molar-refractivity contribution < 1.29 is 14.7 Å². The largest absolute Gasteiger partial charge is 0.480 e. The van der Waals surface area contributed by atoms with Gasteiger partial charge < -0.3 is 10.4 Å². The Morgan fingerprint density at radius 1 is 1.25 bits per heavy atom. The molecule has 1 aromatic carbocycles. The number of hydrogen-bond acceptors (Lipinski definition) is 4. The number of carboxylic acid groups (broad SMARTS) is 1. The molecule has 1 aromatic heterocycles. The summed E-state index contributed by atoms with van der Waals surface area (Å²) in [6.07, 6.45) is 4.36. The monoisotopic (exact) mass is 385 g/mol. The predicted octanol–water partition coefficient (Wildman–Crippen LogP) is 0.627. The summed E-state index contributed by atoms with van der Waals surface area (Å²) in [5.41, 5.74) is 1.27. The first-order valence-electron chi connectivity index (χ1n) is 9.23. The molecule has 2 atom stereocenters. The van der Waals surface area contributed by atoms with Gasteiger partial charge in [-0.1, -0.05) is 24.3 Å². The van der Waals surface area contributed by atoms with Crippen molar-refractivity contribution in [2.45, 2.75) is 44.2 Å². The number of benzene rings is 1. The number of amides is 1. The lowest BCUT2D eigenvalue weighted by Crippen LogP contribution is -2.45. The molecule has 0 aliphatic heterocycles. The van der Waals surface area contributed by atoms with Gasteiger partial charge in [0.1, 0.15) is 12.6 Å². The predicted molar refractivity (Wildman–Crippen MR) is 102 cm³/mol. The van der Waals surface area contributed by atoms with Crippen LogP contribution in [0.3, 0.4) is 0 Å². The summed E-state index contributed by atoms with van der Waals surface area (Å²) >= 11 is 0. The second-order valence-electron chi connectivity index (χ2n) is 7.11. The molecule has 2 unspecified atom stereocenters. The number of aromatic nitrogens is 2. The molecule has 0 saturated carbocycles. The maximum absolute atomic E-state index is 12.3. The number of nitrogens with zero attached hydrogens (tertiary/aromatic N) is 2. The first-order valence-corrected chi connectivity index (χ1v) is 9.23. The van der Waals surface area contributed by atoms with E-state index in [1.54, 1.807) is 0 Å². The molecule has 0 radical (unpaired) electrons. The summed E-state index contributed by atoms with van der Waals surface area (Å²) in [5.74, 6) is -1.63. The van der Waals surface area contributed by atoms with Crippen LogP contribution in [0.2, 0.25) is 0 Å². The van der Waals surface area contributed by atoms with Gasteiger partial charge in [0.15, 0.2) is 0 Å². The molecule has 1 heterocycles. The highest BCUT2D eigenvalue weighted by molar-refractivity contribution is 5.83. The fourth-order valence-corrected chi connectivity index (χ4v) is 3.74. The number of aliphatic carboxylic acids is 1. The Balaban J connectivity index is 1.71. The third-order valence-corrected chi connectivity index (χ3v) is 5.22. The fourth-order valence-electron chi connectivity index (χ4n) is 3.74. The van der Waals surface area contributed by atoms with Gasteiger partial charge in [-0.15, -0.1) is 0 Å². The fraction of sp³-hybridized carbons (Fsp3) is 0.400. The van der Waals surface area contributed by atoms with Crippen molar-refractivity contribution in [3.8, 4) is 0 Å². The number of nitrogens with one attached hydrogen (secondary N) is 1. The number of carbonyl (C=O) groups is 2. The van der Waals surface area contributed by atoms with Gasteiger partial charge in [0.05, 0.1) is 0 Å². The molecule has 0 saturated heterocycles. The van der Waals surface area contributed by atoms with Gasteiger partial charge in [-0.3, -0.25) is 18.7 Å². The van der Waals surface area contributed by atoms with Crippen LogP contribution in [0.25, 0.3) is 0 Å². The number of hydrogen-bond donors (Lipinski definition) is 2. The zero-order chi connectivity index (χ0) is 20.3. The Bertz CT molecular complexity index is 1010. The van der Waals surface area contributed by atoms with Gasteiger partial charge in [0, 0.05) is 19.3 Å². The van der Waals surface area contributed by atoms with Crippen LogP contribution in [-0.2, 0) is 29.6 Å². The van der Waals surface area contributed by atoms with Crippen LogP contribution >= 0.6 is 0 Å². The summed E-state index contributed by atoms with van der Waals surface area (Å²) in [5, 5.41) is 12.1. The van der Waals surface area contributed by atoms with Gasteiger partial charge in [-0.05, 0) is 42.7 Å². The lowest BCUT2D eigenvalue weighted by Gasteiger charge is -2.28. The summed E-state index contributed by atoms with van der Waals surface area (Å²) in [7, 11) is 1.32. The second kappa shape index (κ2) is 8.24. The number of carbonyl (C=O) groups excluding carboxylic acids is 1. The number of carboxylic acids is 1. The molecule has 8 heteroatoms. The van der Waals surface area contributed by atoms with E-state index in [4.69, 9.17) is 0 Å². The van der Waals surface area contributed by atoms with Crippen molar-refractivity contribution in [2.24, 2.45) is 7.05 Å². The highest BCUT2D eigenvalue weighted by Gasteiger charge is 2.28. The minimum atomic E-state index is -1.11. The molecule has 1 amide bonds. The maximum Gasteiger partial charge on any atom is 0.331 e. The van der Waals surface area contributed by atoms with E-state index in [0.717, 1.165) is 34.0 Å². The quantitative estimate of drug-likeness (QED) is 0.758. The van der Waals surface area contributed by atoms with Crippen LogP contribution < -0.4 is 16.6 Å². The third kappa shape index (κ3) is 4.21.